The number of hydrogen-bond acceptors (Lipinski definition) is 0. The molecule has 105 heavy (non-hydrogen) atoms. The van der Waals surface area contributed by atoms with Gasteiger partial charge in [-0.1, -0.05) is 395 Å². The van der Waals surface area contributed by atoms with Crippen molar-refractivity contribution in [3.05, 3.63) is 337 Å². The van der Waals surface area contributed by atoms with Crippen LogP contribution in [0.3, 0.4) is 0 Å². The summed E-state index contributed by atoms with van der Waals surface area (Å²) in [5.74, 6) is 0. The monoisotopic (exact) mass is 1360 g/mol. The maximum Gasteiger partial charge on any atom is -0.000139 e. The van der Waals surface area contributed by atoms with Gasteiger partial charge >= 0.3 is 0 Å². The van der Waals surface area contributed by atoms with Crippen LogP contribution in [-0.4, -0.2) is 0 Å². The summed E-state index contributed by atoms with van der Waals surface area (Å²) in [6.45, 7) is 36.8. The molecule has 16 aromatic rings. The lowest BCUT2D eigenvalue weighted by Gasteiger charge is -2.27. The first-order chi connectivity index (χ1) is 50.2. The average molecular weight is 1360 g/mol. The smallest absolute Gasteiger partial charge is 0.000139 e. The van der Waals surface area contributed by atoms with Gasteiger partial charge in [0.05, 0.1) is 0 Å². The standard InChI is InChI=1S/C67H62.C38H36/c1-43-21-39-55-57(41-43)61(48-26-22-46(23-27-48)44-17-13-11-14-18-44)63-60(51-32-36-53(37-33-51)66(5,6)7)56-40-38-54(67(8,9)10)42-58(56)62(49-28-24-47(25-29-49)45-19-15-12-16-20-45)64(63)59(55)50-30-34-52(35-31-50)65(2,3)4;1-37(2,3)29-19-15-25(16-20-29)35-31-13-9-10-14-32(31)36(26-17-21-30(22-18-26)38(4,5)6)34-24-28-12-8-7-11-27(28)23-33(34)35/h11-42H,1-10H3;7-24H,1-6H3. The summed E-state index contributed by atoms with van der Waals surface area (Å²) in [5, 5.41) is 15.4. The summed E-state index contributed by atoms with van der Waals surface area (Å²) in [5.41, 5.74) is 28.1. The molecule has 0 fully saturated rings. The van der Waals surface area contributed by atoms with E-state index in [9.17, 15) is 0 Å². The Morgan fingerprint density at radius 1 is 0.162 bits per heavy atom. The van der Waals surface area contributed by atoms with Gasteiger partial charge in [-0.3, -0.25) is 0 Å². The highest BCUT2D eigenvalue weighted by Crippen LogP contribution is 2.55. The molecule has 0 amide bonds. The molecule has 0 heterocycles. The Morgan fingerprint density at radius 2 is 0.390 bits per heavy atom. The molecule has 0 N–H and O–H groups in total. The highest BCUT2D eigenvalue weighted by atomic mass is 14.3. The molecule has 0 heteroatoms. The third kappa shape index (κ3) is 13.5. The van der Waals surface area contributed by atoms with Gasteiger partial charge in [0.15, 0.2) is 0 Å². The van der Waals surface area contributed by atoms with Crippen molar-refractivity contribution < 1.29 is 0 Å². The van der Waals surface area contributed by atoms with Gasteiger partial charge in [0.2, 0.25) is 0 Å². The Morgan fingerprint density at radius 3 is 0.724 bits per heavy atom. The molecule has 0 saturated carbocycles. The largest absolute Gasteiger partial charge is 0.0622 e. The van der Waals surface area contributed by atoms with Crippen molar-refractivity contribution in [2.75, 3.05) is 0 Å². The van der Waals surface area contributed by atoms with Gasteiger partial charge < -0.3 is 0 Å². The fourth-order valence-electron chi connectivity index (χ4n) is 16.0. The Kier molecular flexibility index (Phi) is 17.9. The van der Waals surface area contributed by atoms with Crippen molar-refractivity contribution in [1.82, 2.24) is 0 Å². The van der Waals surface area contributed by atoms with Crippen LogP contribution in [0.2, 0.25) is 0 Å². The summed E-state index contributed by atoms with van der Waals surface area (Å²) in [4.78, 5) is 0. The van der Waals surface area contributed by atoms with Crippen molar-refractivity contribution in [2.24, 2.45) is 0 Å². The lowest BCUT2D eigenvalue weighted by molar-refractivity contribution is 0.590. The molecule has 0 atom stereocenters. The van der Waals surface area contributed by atoms with Crippen LogP contribution in [-0.2, 0) is 27.1 Å². The molecule has 518 valence electrons. The van der Waals surface area contributed by atoms with Gasteiger partial charge in [0, 0.05) is 0 Å². The number of aryl methyl sites for hydroxylation is 1. The first-order valence-corrected chi connectivity index (χ1v) is 37.8. The predicted molar refractivity (Wildman–Crippen MR) is 460 cm³/mol. The van der Waals surface area contributed by atoms with E-state index in [1.54, 1.807) is 0 Å². The van der Waals surface area contributed by atoms with Crippen molar-refractivity contribution in [3.63, 3.8) is 0 Å². The Balaban J connectivity index is 0.000000196. The van der Waals surface area contributed by atoms with Crippen LogP contribution in [0.5, 0.6) is 0 Å². The van der Waals surface area contributed by atoms with E-state index >= 15 is 0 Å². The van der Waals surface area contributed by atoms with E-state index < -0.39 is 0 Å². The molecule has 0 saturated heterocycles. The molecule has 0 bridgehead atoms. The van der Waals surface area contributed by atoms with Crippen LogP contribution >= 0.6 is 0 Å². The van der Waals surface area contributed by atoms with E-state index in [0.29, 0.717) is 0 Å². The zero-order valence-electron chi connectivity index (χ0n) is 64.4. The molecule has 16 rings (SSSR count). The highest BCUT2D eigenvalue weighted by Gasteiger charge is 2.29. The lowest BCUT2D eigenvalue weighted by atomic mass is 9.75. The van der Waals surface area contributed by atoms with Gasteiger partial charge in [-0.05, 0) is 234 Å². The zero-order valence-corrected chi connectivity index (χ0v) is 64.4. The molecule has 0 nitrogen and oxygen atoms in total. The topological polar surface area (TPSA) is 0 Å². The van der Waals surface area contributed by atoms with Crippen LogP contribution in [0.15, 0.2) is 303 Å². The first kappa shape index (κ1) is 69.8. The van der Waals surface area contributed by atoms with Gasteiger partial charge in [-0.25, -0.2) is 0 Å². The van der Waals surface area contributed by atoms with Crippen LogP contribution in [0, 0.1) is 6.92 Å². The Labute approximate surface area is 624 Å². The number of fused-ring (bicyclic) bond motifs is 6. The second-order valence-corrected chi connectivity index (χ2v) is 34.5. The molecular weight excluding hydrogens is 1260 g/mol. The first-order valence-electron chi connectivity index (χ1n) is 37.8. The van der Waals surface area contributed by atoms with Crippen LogP contribution in [0.1, 0.15) is 137 Å². The molecule has 0 spiro atoms. The second-order valence-electron chi connectivity index (χ2n) is 34.5. The van der Waals surface area contributed by atoms with Gasteiger partial charge in [0.25, 0.3) is 0 Å². The molecule has 0 radical (unpaired) electrons. The third-order valence-electron chi connectivity index (χ3n) is 22.0. The summed E-state index contributed by atoms with van der Waals surface area (Å²) in [6, 6.07) is 115. The fourth-order valence-corrected chi connectivity index (χ4v) is 16.0. The summed E-state index contributed by atoms with van der Waals surface area (Å²) >= 11 is 0. The number of hydrogen-bond donors (Lipinski definition) is 0. The number of rotatable bonds is 8. The molecule has 0 unspecified atom stereocenters. The minimum Gasteiger partial charge on any atom is -0.0622 e. The molecule has 0 aliphatic heterocycles. The summed E-state index contributed by atoms with van der Waals surface area (Å²) < 4.78 is 0. The molecule has 16 aromatic carbocycles. The summed E-state index contributed by atoms with van der Waals surface area (Å²) in [7, 11) is 0. The van der Waals surface area contributed by atoms with E-state index in [2.05, 4.69) is 414 Å². The Hall–Kier alpha value is -10.9. The molecular formula is C105H98. The normalized spacial score (nSPS) is 12.4. The lowest BCUT2D eigenvalue weighted by Crippen LogP contribution is -2.11. The summed E-state index contributed by atoms with van der Waals surface area (Å²) in [6.07, 6.45) is 0. The highest BCUT2D eigenvalue weighted by molar-refractivity contribution is 6.34. The second kappa shape index (κ2) is 27.0. The maximum atomic E-state index is 2.52. The van der Waals surface area contributed by atoms with E-state index in [4.69, 9.17) is 0 Å². The Bertz CT molecular complexity index is 5780. The quantitative estimate of drug-likeness (QED) is 0.133. The molecule has 0 aromatic heterocycles. The third-order valence-corrected chi connectivity index (χ3v) is 22.0. The van der Waals surface area contributed by atoms with Crippen LogP contribution < -0.4 is 0 Å². The van der Waals surface area contributed by atoms with Crippen LogP contribution in [0.25, 0.3) is 154 Å². The van der Waals surface area contributed by atoms with Crippen LogP contribution in [0.4, 0.5) is 0 Å². The van der Waals surface area contributed by atoms with Gasteiger partial charge in [-0.15, -0.1) is 0 Å². The number of benzene rings is 16. The van der Waals surface area contributed by atoms with E-state index in [-0.39, 0.29) is 27.1 Å². The molecule has 0 aliphatic carbocycles. The van der Waals surface area contributed by atoms with Crippen molar-refractivity contribution in [2.45, 2.75) is 138 Å². The maximum absolute atomic E-state index is 2.52. The van der Waals surface area contributed by atoms with E-state index in [0.717, 1.165) is 0 Å². The fraction of sp³-hybridized carbons (Fsp3) is 0.200. The van der Waals surface area contributed by atoms with Gasteiger partial charge in [0.1, 0.15) is 0 Å². The van der Waals surface area contributed by atoms with Crippen molar-refractivity contribution >= 4 is 64.6 Å². The van der Waals surface area contributed by atoms with Gasteiger partial charge in [-0.2, -0.15) is 0 Å². The van der Waals surface area contributed by atoms with E-state index in [1.807, 2.05) is 0 Å². The molecule has 0 aliphatic rings. The van der Waals surface area contributed by atoms with Crippen molar-refractivity contribution in [1.29, 1.82) is 0 Å². The zero-order chi connectivity index (χ0) is 73.5. The SMILES string of the molecule is CC(C)(C)c1ccc(-c2c3ccccc3c(-c3ccc(C(C)(C)C)cc3)c3cc4ccccc4cc23)cc1.Cc1ccc2c(-c3ccc(C(C)(C)C)cc3)c3c(-c4ccc(-c5ccccc5)cc4)c4cc(C(C)(C)C)ccc4c(-c4ccc(C(C)(C)C)cc4)c3c(-c3ccc(-c4ccccc4)cc3)c2c1. The minimum absolute atomic E-state index is 0.0197. The average Bonchev–Trinajstić information content (AvgIpc) is 0.696. The van der Waals surface area contributed by atoms with Crippen molar-refractivity contribution in [3.8, 4) is 89.0 Å². The minimum atomic E-state index is -0.0652. The predicted octanol–water partition coefficient (Wildman–Crippen LogP) is 30.4. The van der Waals surface area contributed by atoms with E-state index in [1.165, 1.54) is 187 Å².